The average molecular weight is 161 g/mol. The zero-order valence-corrected chi connectivity index (χ0v) is 8.39. The Hall–Kier alpha value is 0.0569. The van der Waals surface area contributed by atoms with Crippen LogP contribution >= 0.6 is 0 Å². The highest BCUT2D eigenvalue weighted by atomic mass is 28.3. The maximum atomic E-state index is 3.26. The van der Waals surface area contributed by atoms with Gasteiger partial charge in [0.15, 0.2) is 0 Å². The van der Waals surface area contributed by atoms with Crippen molar-refractivity contribution in [2.24, 2.45) is 0 Å². The summed E-state index contributed by atoms with van der Waals surface area (Å²) in [7, 11) is 7.33. The predicted molar refractivity (Wildman–Crippen MR) is 45.3 cm³/mol. The molecule has 0 aromatic carbocycles. The van der Waals surface area contributed by atoms with E-state index in [9.17, 15) is 0 Å². The first kappa shape index (κ1) is 10.1. The molecule has 0 aliphatic carbocycles. The van der Waals surface area contributed by atoms with Crippen LogP contribution in [0.4, 0.5) is 0 Å². The smallest absolute Gasteiger partial charge is 0.249 e. The number of nitrogens with one attached hydrogen (secondary N) is 2. The van der Waals surface area contributed by atoms with Gasteiger partial charge in [0.25, 0.3) is 0 Å². The van der Waals surface area contributed by atoms with E-state index in [1.54, 1.807) is 0 Å². The van der Waals surface area contributed by atoms with Crippen LogP contribution in [-0.4, -0.2) is 47.3 Å². The minimum absolute atomic E-state index is 0.637. The van der Waals surface area contributed by atoms with E-state index < -0.39 is 9.12 Å². The van der Waals surface area contributed by atoms with Crippen LogP contribution in [-0.2, 0) is 0 Å². The molecule has 0 aromatic rings. The second-order valence-corrected chi connectivity index (χ2v) is 4.33. The molecule has 0 saturated heterocycles. The summed E-state index contributed by atoms with van der Waals surface area (Å²) in [6.45, 7) is 2.16. The van der Waals surface area contributed by atoms with E-state index in [-0.39, 0.29) is 0 Å². The quantitative estimate of drug-likeness (QED) is 0.419. The summed E-state index contributed by atoms with van der Waals surface area (Å²) < 4.78 is 0. The van der Waals surface area contributed by atoms with Gasteiger partial charge in [0.2, 0.25) is 9.12 Å². The summed E-state index contributed by atoms with van der Waals surface area (Å²) >= 11 is 0. The largest absolute Gasteiger partial charge is 0.261 e. The van der Waals surface area contributed by atoms with Crippen LogP contribution in [0.1, 0.15) is 0 Å². The van der Waals surface area contributed by atoms with Gasteiger partial charge in [-0.05, 0) is 6.55 Å². The third-order valence-corrected chi connectivity index (χ3v) is 2.35. The van der Waals surface area contributed by atoms with Crippen LogP contribution in [0.15, 0.2) is 0 Å². The lowest BCUT2D eigenvalue weighted by atomic mass is 11.2. The Morgan fingerprint density at radius 2 is 1.20 bits per heavy atom. The minimum atomic E-state index is -0.637. The van der Waals surface area contributed by atoms with Crippen molar-refractivity contribution < 1.29 is 0 Å². The fraction of sp³-hybridized carbons (Fsp3) is 1.00. The molecule has 0 amide bonds. The number of rotatable bonds is 4. The van der Waals surface area contributed by atoms with Crippen LogP contribution in [0.3, 0.4) is 0 Å². The molecule has 0 aromatic heterocycles. The van der Waals surface area contributed by atoms with Gasteiger partial charge in [0.1, 0.15) is 0 Å². The molecule has 0 atom stereocenters. The fourth-order valence-corrected chi connectivity index (χ4v) is 2.09. The normalized spacial score (nSPS) is 12.0. The predicted octanol–water partition coefficient (Wildman–Crippen LogP) is -0.763. The Kier molecular flexibility index (Phi) is 4.84. The Morgan fingerprint density at radius 1 is 0.900 bits per heavy atom. The zero-order valence-electron chi connectivity index (χ0n) is 7.39. The van der Waals surface area contributed by atoms with Gasteiger partial charge in [-0.25, -0.2) is 0 Å². The summed E-state index contributed by atoms with van der Waals surface area (Å²) in [4.78, 5) is 0. The van der Waals surface area contributed by atoms with Crippen molar-refractivity contribution in [1.29, 1.82) is 0 Å². The fourth-order valence-electron chi connectivity index (χ4n) is 0.696. The maximum absolute atomic E-state index is 3.26. The van der Waals surface area contributed by atoms with E-state index in [0.29, 0.717) is 0 Å². The van der Waals surface area contributed by atoms with E-state index in [1.807, 2.05) is 38.2 Å². The molecule has 0 aliphatic rings. The number of hydrogen-bond acceptors (Lipinski definition) is 4. The molecule has 0 saturated carbocycles. The van der Waals surface area contributed by atoms with Crippen molar-refractivity contribution in [3.63, 3.8) is 0 Å². The van der Waals surface area contributed by atoms with Gasteiger partial charge >= 0.3 is 0 Å². The van der Waals surface area contributed by atoms with Crippen molar-refractivity contribution in [2.45, 2.75) is 6.55 Å². The maximum Gasteiger partial charge on any atom is 0.249 e. The molecule has 1 radical (unpaired) electrons. The van der Waals surface area contributed by atoms with Gasteiger partial charge in [-0.2, -0.15) is 0 Å². The standard InChI is InChI=1S/C5H17N4Si/c1-8(2)6-10(5)7-9(3)4/h6-7H,1-5H3. The summed E-state index contributed by atoms with van der Waals surface area (Å²) in [6.07, 6.45) is 0. The third kappa shape index (κ3) is 6.18. The molecule has 5 heteroatoms. The van der Waals surface area contributed by atoms with E-state index in [2.05, 4.69) is 16.7 Å². The minimum Gasteiger partial charge on any atom is -0.261 e. The first-order chi connectivity index (χ1) is 4.52. The van der Waals surface area contributed by atoms with E-state index in [1.165, 1.54) is 0 Å². The van der Waals surface area contributed by atoms with Crippen LogP contribution in [0.5, 0.6) is 0 Å². The van der Waals surface area contributed by atoms with Crippen molar-refractivity contribution in [2.75, 3.05) is 28.2 Å². The highest BCUT2D eigenvalue weighted by Crippen LogP contribution is 1.72. The molecule has 0 spiro atoms. The van der Waals surface area contributed by atoms with Gasteiger partial charge in [-0.3, -0.25) is 20.2 Å². The topological polar surface area (TPSA) is 30.5 Å². The first-order valence-electron chi connectivity index (χ1n) is 3.24. The molecule has 0 bridgehead atoms. The van der Waals surface area contributed by atoms with Crippen molar-refractivity contribution >= 4 is 9.12 Å². The molecular weight excluding hydrogens is 144 g/mol. The Bertz CT molecular complexity index is 75.7. The highest BCUT2D eigenvalue weighted by Gasteiger charge is 2.04. The Labute approximate surface area is 64.9 Å². The number of nitrogens with zero attached hydrogens (tertiary/aromatic N) is 2. The molecule has 0 rings (SSSR count). The number of hydrogen-bond donors (Lipinski definition) is 2. The van der Waals surface area contributed by atoms with Gasteiger partial charge in [0.05, 0.1) is 0 Å². The molecule has 61 valence electrons. The van der Waals surface area contributed by atoms with Gasteiger partial charge in [-0.1, -0.05) is 0 Å². The van der Waals surface area contributed by atoms with Crippen molar-refractivity contribution in [3.05, 3.63) is 0 Å². The van der Waals surface area contributed by atoms with Crippen LogP contribution in [0.2, 0.25) is 6.55 Å². The van der Waals surface area contributed by atoms with Crippen molar-refractivity contribution in [3.8, 4) is 0 Å². The van der Waals surface area contributed by atoms with Crippen molar-refractivity contribution in [1.82, 2.24) is 20.2 Å². The lowest BCUT2D eigenvalue weighted by Gasteiger charge is -2.21. The summed E-state index contributed by atoms with van der Waals surface area (Å²) in [5.74, 6) is 0. The Morgan fingerprint density at radius 3 is 1.40 bits per heavy atom. The molecule has 4 nitrogen and oxygen atoms in total. The van der Waals surface area contributed by atoms with E-state index in [0.717, 1.165) is 0 Å². The van der Waals surface area contributed by atoms with Crippen LogP contribution in [0, 0.1) is 0 Å². The second-order valence-electron chi connectivity index (χ2n) is 2.64. The molecule has 10 heavy (non-hydrogen) atoms. The second kappa shape index (κ2) is 4.81. The highest BCUT2D eigenvalue weighted by molar-refractivity contribution is 6.51. The van der Waals surface area contributed by atoms with Gasteiger partial charge in [0, 0.05) is 28.2 Å². The number of hydrazine groups is 2. The summed E-state index contributed by atoms with van der Waals surface area (Å²) in [5.41, 5.74) is 0. The molecule has 2 N–H and O–H groups in total. The van der Waals surface area contributed by atoms with E-state index >= 15 is 0 Å². The first-order valence-corrected chi connectivity index (χ1v) is 5.24. The monoisotopic (exact) mass is 161 g/mol. The van der Waals surface area contributed by atoms with Gasteiger partial charge in [-0.15, -0.1) is 0 Å². The average Bonchev–Trinajstić information content (AvgIpc) is 1.58. The summed E-state index contributed by atoms with van der Waals surface area (Å²) in [5, 5.41) is 10.4. The molecule has 0 unspecified atom stereocenters. The summed E-state index contributed by atoms with van der Waals surface area (Å²) in [6, 6.07) is 0. The molecule has 0 fully saturated rings. The molecular formula is C5H17N4Si. The Balaban J connectivity index is 3.34. The van der Waals surface area contributed by atoms with Crippen LogP contribution in [0.25, 0.3) is 0 Å². The molecule has 0 heterocycles. The SMILES string of the molecule is CN(C)N[Si](C)NN(C)C. The lowest BCUT2D eigenvalue weighted by molar-refractivity contribution is 0.326. The zero-order chi connectivity index (χ0) is 8.15. The van der Waals surface area contributed by atoms with Gasteiger partial charge < -0.3 is 0 Å². The lowest BCUT2D eigenvalue weighted by Crippen LogP contribution is -2.55. The van der Waals surface area contributed by atoms with E-state index in [4.69, 9.17) is 0 Å². The molecule has 0 aliphatic heterocycles. The third-order valence-electron chi connectivity index (χ3n) is 0.783. The van der Waals surface area contributed by atoms with Crippen LogP contribution < -0.4 is 10.2 Å².